The van der Waals surface area contributed by atoms with Crippen LogP contribution in [0.2, 0.25) is 0 Å². The predicted molar refractivity (Wildman–Crippen MR) is 69.4 cm³/mol. The molecule has 0 atom stereocenters. The first-order chi connectivity index (χ1) is 7.83. The van der Waals surface area contributed by atoms with E-state index in [0.717, 1.165) is 0 Å². The van der Waals surface area contributed by atoms with E-state index in [1.807, 2.05) is 0 Å². The van der Waals surface area contributed by atoms with Crippen molar-refractivity contribution < 1.29 is 28.5 Å². The quantitative estimate of drug-likeness (QED) is 0.376. The highest BCUT2D eigenvalue weighted by Crippen LogP contribution is 2.06. The summed E-state index contributed by atoms with van der Waals surface area (Å²) in [5.41, 5.74) is 1.35. The lowest BCUT2D eigenvalue weighted by Crippen LogP contribution is -3.00. The summed E-state index contributed by atoms with van der Waals surface area (Å²) in [6.07, 6.45) is 14.1. The maximum absolute atomic E-state index is 2.31. The Morgan fingerprint density at radius 2 is 1.65 bits per heavy atom. The third-order valence-corrected chi connectivity index (χ3v) is 3.03. The summed E-state index contributed by atoms with van der Waals surface area (Å²) in [7, 11) is 0. The highest BCUT2D eigenvalue weighted by Gasteiger charge is 1.99. The molecule has 1 nitrogen and oxygen atoms in total. The second kappa shape index (κ2) is 11.0. The smallest absolute Gasteiger partial charge is 0.171 e. The van der Waals surface area contributed by atoms with Gasteiger partial charge in [0.1, 0.15) is 6.54 Å². The van der Waals surface area contributed by atoms with E-state index in [1.54, 1.807) is 0 Å². The molecular weight excluding hydrogens is 321 g/mol. The van der Waals surface area contributed by atoms with Gasteiger partial charge in [-0.2, -0.15) is 0 Å². The first-order valence-corrected chi connectivity index (χ1v) is 6.78. The molecule has 0 aromatic carbocycles. The zero-order valence-corrected chi connectivity index (χ0v) is 13.4. The molecule has 0 N–H and O–H groups in total. The van der Waals surface area contributed by atoms with Crippen LogP contribution in [0.1, 0.15) is 57.4 Å². The summed E-state index contributed by atoms with van der Waals surface area (Å²) in [6.45, 7) is 5.60. The molecule has 0 spiro atoms. The van der Waals surface area contributed by atoms with Crippen molar-refractivity contribution in [2.24, 2.45) is 0 Å². The normalized spacial score (nSPS) is 10.0. The number of halogens is 1. The van der Waals surface area contributed by atoms with Gasteiger partial charge in [-0.3, -0.25) is 0 Å². The lowest BCUT2D eigenvalue weighted by molar-refractivity contribution is -0.697. The standard InChI is InChI=1S/C15H26N.HI/c1-3-4-5-6-7-8-9-12-16-13-10-11-15(2)14-16;/h10-11,13-14H,3-9,12H2,1-2H3;1H/q+1;/p-1. The van der Waals surface area contributed by atoms with Crippen LogP contribution >= 0.6 is 0 Å². The van der Waals surface area contributed by atoms with Crippen LogP contribution in [-0.2, 0) is 6.54 Å². The number of aryl methyl sites for hydroxylation is 2. The zero-order valence-electron chi connectivity index (χ0n) is 11.3. The molecule has 1 heterocycles. The number of pyridine rings is 1. The Morgan fingerprint density at radius 1 is 1.00 bits per heavy atom. The van der Waals surface area contributed by atoms with Crippen LogP contribution in [0.15, 0.2) is 24.5 Å². The molecule has 0 aliphatic heterocycles. The van der Waals surface area contributed by atoms with Gasteiger partial charge in [-0.1, -0.05) is 39.0 Å². The second-order valence-electron chi connectivity index (χ2n) is 4.74. The summed E-state index contributed by atoms with van der Waals surface area (Å²) < 4.78 is 2.31. The fraction of sp³-hybridized carbons (Fsp3) is 0.667. The van der Waals surface area contributed by atoms with Gasteiger partial charge >= 0.3 is 0 Å². The van der Waals surface area contributed by atoms with E-state index >= 15 is 0 Å². The summed E-state index contributed by atoms with van der Waals surface area (Å²) in [4.78, 5) is 0. The van der Waals surface area contributed by atoms with E-state index in [-0.39, 0.29) is 24.0 Å². The Hall–Kier alpha value is -0.120. The Labute approximate surface area is 124 Å². The third kappa shape index (κ3) is 8.58. The van der Waals surface area contributed by atoms with Gasteiger partial charge in [0.05, 0.1) is 0 Å². The second-order valence-corrected chi connectivity index (χ2v) is 4.74. The summed E-state index contributed by atoms with van der Waals surface area (Å²) in [5.74, 6) is 0. The first kappa shape index (κ1) is 16.9. The van der Waals surface area contributed by atoms with Crippen molar-refractivity contribution in [2.45, 2.75) is 65.3 Å². The van der Waals surface area contributed by atoms with Crippen LogP contribution in [0.3, 0.4) is 0 Å². The van der Waals surface area contributed by atoms with Gasteiger partial charge in [0.2, 0.25) is 0 Å². The molecule has 1 rings (SSSR count). The maximum atomic E-state index is 2.31. The van der Waals surface area contributed by atoms with Crippen LogP contribution in [-0.4, -0.2) is 0 Å². The SMILES string of the molecule is CCCCCCCCC[n+]1cccc(C)c1.[I-]. The maximum Gasteiger partial charge on any atom is 0.171 e. The number of hydrogen-bond acceptors (Lipinski definition) is 0. The van der Waals surface area contributed by atoms with E-state index in [9.17, 15) is 0 Å². The number of hydrogen-bond donors (Lipinski definition) is 0. The summed E-state index contributed by atoms with van der Waals surface area (Å²) in [6, 6.07) is 4.29. The van der Waals surface area contributed by atoms with Gasteiger partial charge in [-0.05, 0) is 19.4 Å². The molecule has 0 radical (unpaired) electrons. The van der Waals surface area contributed by atoms with Crippen molar-refractivity contribution in [3.05, 3.63) is 30.1 Å². The topological polar surface area (TPSA) is 3.88 Å². The van der Waals surface area contributed by atoms with Crippen LogP contribution in [0.5, 0.6) is 0 Å². The minimum atomic E-state index is 0. The fourth-order valence-corrected chi connectivity index (χ4v) is 2.04. The monoisotopic (exact) mass is 347 g/mol. The Morgan fingerprint density at radius 3 is 2.29 bits per heavy atom. The molecule has 98 valence electrons. The highest BCUT2D eigenvalue weighted by molar-refractivity contribution is 5.01. The molecule has 0 aliphatic rings. The van der Waals surface area contributed by atoms with Gasteiger partial charge in [0.15, 0.2) is 12.4 Å². The molecule has 1 aromatic rings. The van der Waals surface area contributed by atoms with Gasteiger partial charge < -0.3 is 24.0 Å². The van der Waals surface area contributed by atoms with Gasteiger partial charge in [-0.15, -0.1) is 0 Å². The van der Waals surface area contributed by atoms with E-state index in [1.165, 1.54) is 57.1 Å². The minimum Gasteiger partial charge on any atom is -1.00 e. The van der Waals surface area contributed by atoms with Crippen LogP contribution < -0.4 is 28.5 Å². The molecule has 0 fully saturated rings. The first-order valence-electron chi connectivity index (χ1n) is 6.78. The van der Waals surface area contributed by atoms with Crippen molar-refractivity contribution in [2.75, 3.05) is 0 Å². The number of aromatic nitrogens is 1. The van der Waals surface area contributed by atoms with Crippen LogP contribution in [0, 0.1) is 6.92 Å². The molecule has 0 saturated heterocycles. The van der Waals surface area contributed by atoms with E-state index in [0.29, 0.717) is 0 Å². The Balaban J connectivity index is 0.00000256. The number of unbranched alkanes of at least 4 members (excludes halogenated alkanes) is 6. The van der Waals surface area contributed by atoms with Crippen molar-refractivity contribution in [1.82, 2.24) is 0 Å². The third-order valence-electron chi connectivity index (χ3n) is 3.03. The van der Waals surface area contributed by atoms with E-state index in [4.69, 9.17) is 0 Å². The molecule has 2 heteroatoms. The summed E-state index contributed by atoms with van der Waals surface area (Å²) in [5, 5.41) is 0. The molecular formula is C15H26IN. The molecule has 1 aromatic heterocycles. The van der Waals surface area contributed by atoms with Crippen molar-refractivity contribution in [1.29, 1.82) is 0 Å². The molecule has 0 aliphatic carbocycles. The van der Waals surface area contributed by atoms with Crippen LogP contribution in [0.25, 0.3) is 0 Å². The average molecular weight is 347 g/mol. The van der Waals surface area contributed by atoms with Gasteiger partial charge in [-0.25, -0.2) is 4.57 Å². The van der Waals surface area contributed by atoms with Gasteiger partial charge in [0.25, 0.3) is 0 Å². The van der Waals surface area contributed by atoms with E-state index < -0.39 is 0 Å². The average Bonchev–Trinajstić information content (AvgIpc) is 2.28. The van der Waals surface area contributed by atoms with Gasteiger partial charge in [0, 0.05) is 18.1 Å². The zero-order chi connectivity index (χ0) is 11.6. The minimum absolute atomic E-state index is 0. The molecule has 0 amide bonds. The Kier molecular flexibility index (Phi) is 10.9. The highest BCUT2D eigenvalue weighted by atomic mass is 127. The predicted octanol–water partition coefficient (Wildman–Crippen LogP) is 1.04. The number of rotatable bonds is 8. The van der Waals surface area contributed by atoms with Crippen LogP contribution in [0.4, 0.5) is 0 Å². The Bertz CT molecular complexity index is 286. The molecule has 0 saturated carbocycles. The van der Waals surface area contributed by atoms with Crippen molar-refractivity contribution in [3.8, 4) is 0 Å². The molecule has 17 heavy (non-hydrogen) atoms. The molecule has 0 unspecified atom stereocenters. The molecule has 0 bridgehead atoms. The van der Waals surface area contributed by atoms with E-state index in [2.05, 4.69) is 42.9 Å². The fourth-order valence-electron chi connectivity index (χ4n) is 2.04. The van der Waals surface area contributed by atoms with Crippen molar-refractivity contribution in [3.63, 3.8) is 0 Å². The largest absolute Gasteiger partial charge is 1.00 e. The number of nitrogens with zero attached hydrogens (tertiary/aromatic N) is 1. The lowest BCUT2D eigenvalue weighted by Gasteiger charge is -2.00. The lowest BCUT2D eigenvalue weighted by atomic mass is 10.1. The van der Waals surface area contributed by atoms with Crippen molar-refractivity contribution >= 4 is 0 Å². The summed E-state index contributed by atoms with van der Waals surface area (Å²) >= 11 is 0.